The maximum atomic E-state index is 12.9. The molecule has 0 saturated heterocycles. The summed E-state index contributed by atoms with van der Waals surface area (Å²) in [7, 11) is 0. The van der Waals surface area contributed by atoms with Crippen LogP contribution in [0.1, 0.15) is 18.6 Å². The third-order valence-corrected chi connectivity index (χ3v) is 2.43. The maximum Gasteiger partial charge on any atom is 0.278 e. The number of nitro benzene ring substituents is 1. The fourth-order valence-electron chi connectivity index (χ4n) is 1.49. The van der Waals surface area contributed by atoms with Crippen LogP contribution >= 0.6 is 0 Å². The van der Waals surface area contributed by atoms with Gasteiger partial charge in [-0.2, -0.15) is 0 Å². The van der Waals surface area contributed by atoms with Crippen LogP contribution in [0.2, 0.25) is 0 Å². The highest BCUT2D eigenvalue weighted by Crippen LogP contribution is 2.27. The third kappa shape index (κ3) is 3.97. The highest BCUT2D eigenvalue weighted by Gasteiger charge is 2.26. The van der Waals surface area contributed by atoms with E-state index in [1.807, 2.05) is 0 Å². The molecule has 0 aromatic heterocycles. The monoisotopic (exact) mass is 272 g/mol. The third-order valence-electron chi connectivity index (χ3n) is 2.43. The van der Waals surface area contributed by atoms with E-state index in [9.17, 15) is 29.5 Å². The van der Waals surface area contributed by atoms with E-state index in [0.717, 1.165) is 12.1 Å². The molecule has 0 heterocycles. The van der Waals surface area contributed by atoms with E-state index in [1.165, 1.54) is 6.92 Å². The van der Waals surface area contributed by atoms with E-state index in [-0.39, 0.29) is 12.1 Å². The van der Waals surface area contributed by atoms with Gasteiger partial charge in [-0.1, -0.05) is 0 Å². The Hall–Kier alpha value is -2.06. The SMILES string of the molecule is CC(=O)NCC(O)C(O)c1ccc(F)cc1[N+](=O)[O-]. The molecule has 0 aliphatic carbocycles. The molecule has 7 nitrogen and oxygen atoms in total. The van der Waals surface area contributed by atoms with Gasteiger partial charge in [0.05, 0.1) is 16.6 Å². The molecule has 8 heteroatoms. The molecule has 0 spiro atoms. The lowest BCUT2D eigenvalue weighted by Crippen LogP contribution is -2.34. The largest absolute Gasteiger partial charge is 0.388 e. The Kier molecular flexibility index (Phi) is 4.90. The summed E-state index contributed by atoms with van der Waals surface area (Å²) < 4.78 is 12.9. The Balaban J connectivity index is 2.95. The number of carbonyl (C=O) groups excluding carboxylic acids is 1. The predicted molar refractivity (Wildman–Crippen MR) is 62.7 cm³/mol. The van der Waals surface area contributed by atoms with Crippen molar-refractivity contribution in [3.05, 3.63) is 39.7 Å². The van der Waals surface area contributed by atoms with Gasteiger partial charge in [-0.05, 0) is 12.1 Å². The van der Waals surface area contributed by atoms with Gasteiger partial charge in [-0.3, -0.25) is 14.9 Å². The number of aliphatic hydroxyl groups excluding tert-OH is 2. The van der Waals surface area contributed by atoms with Gasteiger partial charge in [0.25, 0.3) is 5.69 Å². The van der Waals surface area contributed by atoms with Crippen molar-refractivity contribution >= 4 is 11.6 Å². The standard InChI is InChI=1S/C11H13FN2O5/c1-6(15)13-5-10(16)11(17)8-3-2-7(12)4-9(8)14(18)19/h2-4,10-11,16-17H,5H2,1H3,(H,13,15). The number of rotatable bonds is 5. The molecule has 1 aromatic carbocycles. The molecule has 19 heavy (non-hydrogen) atoms. The van der Waals surface area contributed by atoms with E-state index >= 15 is 0 Å². The van der Waals surface area contributed by atoms with E-state index in [4.69, 9.17) is 0 Å². The van der Waals surface area contributed by atoms with Crippen molar-refractivity contribution in [1.82, 2.24) is 5.32 Å². The van der Waals surface area contributed by atoms with E-state index in [1.54, 1.807) is 0 Å². The van der Waals surface area contributed by atoms with Gasteiger partial charge in [-0.25, -0.2) is 4.39 Å². The van der Waals surface area contributed by atoms with Crippen LogP contribution in [0.3, 0.4) is 0 Å². The van der Waals surface area contributed by atoms with Crippen LogP contribution in [-0.4, -0.2) is 33.7 Å². The van der Waals surface area contributed by atoms with Gasteiger partial charge < -0.3 is 15.5 Å². The smallest absolute Gasteiger partial charge is 0.278 e. The van der Waals surface area contributed by atoms with Gasteiger partial charge in [0, 0.05) is 13.5 Å². The first-order valence-corrected chi connectivity index (χ1v) is 5.37. The van der Waals surface area contributed by atoms with Crippen LogP contribution in [0.4, 0.5) is 10.1 Å². The number of nitro groups is 1. The fourth-order valence-corrected chi connectivity index (χ4v) is 1.49. The molecule has 0 aliphatic heterocycles. The minimum Gasteiger partial charge on any atom is -0.388 e. The Morgan fingerprint density at radius 1 is 1.53 bits per heavy atom. The Bertz CT molecular complexity index is 494. The molecule has 0 fully saturated rings. The molecular formula is C11H13FN2O5. The average molecular weight is 272 g/mol. The summed E-state index contributed by atoms with van der Waals surface area (Å²) in [5.41, 5.74) is -0.848. The summed E-state index contributed by atoms with van der Waals surface area (Å²) in [5.74, 6) is -1.24. The number of amides is 1. The minimum absolute atomic E-state index is 0.218. The number of aliphatic hydroxyl groups is 2. The summed E-state index contributed by atoms with van der Waals surface area (Å²) in [6.07, 6.45) is -3.04. The molecule has 1 aromatic rings. The van der Waals surface area contributed by atoms with Gasteiger partial charge in [0.15, 0.2) is 0 Å². The van der Waals surface area contributed by atoms with Crippen LogP contribution < -0.4 is 5.32 Å². The van der Waals surface area contributed by atoms with Gasteiger partial charge >= 0.3 is 0 Å². The Labute approximate surface area is 107 Å². The van der Waals surface area contributed by atoms with Crippen LogP contribution in [0.5, 0.6) is 0 Å². The van der Waals surface area contributed by atoms with Crippen molar-refractivity contribution in [2.45, 2.75) is 19.1 Å². The molecule has 0 bridgehead atoms. The van der Waals surface area contributed by atoms with Gasteiger partial charge in [-0.15, -0.1) is 0 Å². The number of carbonyl (C=O) groups is 1. The second-order valence-electron chi connectivity index (χ2n) is 3.91. The molecule has 0 saturated carbocycles. The van der Waals surface area contributed by atoms with Crippen molar-refractivity contribution in [1.29, 1.82) is 0 Å². The molecule has 0 aliphatic rings. The molecular weight excluding hydrogens is 259 g/mol. The second kappa shape index (κ2) is 6.21. The van der Waals surface area contributed by atoms with Crippen molar-refractivity contribution in [3.8, 4) is 0 Å². The molecule has 3 N–H and O–H groups in total. The van der Waals surface area contributed by atoms with Crippen LogP contribution in [0.15, 0.2) is 18.2 Å². The summed E-state index contributed by atoms with van der Waals surface area (Å²) in [6, 6.07) is 2.62. The lowest BCUT2D eigenvalue weighted by atomic mass is 10.0. The number of nitrogens with zero attached hydrogens (tertiary/aromatic N) is 1. The first-order chi connectivity index (χ1) is 8.82. The molecule has 2 atom stereocenters. The number of hydrogen-bond donors (Lipinski definition) is 3. The quantitative estimate of drug-likeness (QED) is 0.526. The van der Waals surface area contributed by atoms with Crippen LogP contribution in [0, 0.1) is 15.9 Å². The van der Waals surface area contributed by atoms with Crippen molar-refractivity contribution in [2.24, 2.45) is 0 Å². The first-order valence-electron chi connectivity index (χ1n) is 5.37. The van der Waals surface area contributed by atoms with Gasteiger partial charge in [0.1, 0.15) is 18.0 Å². The zero-order chi connectivity index (χ0) is 14.6. The van der Waals surface area contributed by atoms with E-state index in [2.05, 4.69) is 5.32 Å². The van der Waals surface area contributed by atoms with Crippen LogP contribution in [0.25, 0.3) is 0 Å². The number of hydrogen-bond acceptors (Lipinski definition) is 5. The van der Waals surface area contributed by atoms with Crippen molar-refractivity contribution < 1.29 is 24.3 Å². The Morgan fingerprint density at radius 3 is 2.68 bits per heavy atom. The minimum atomic E-state index is -1.60. The lowest BCUT2D eigenvalue weighted by Gasteiger charge is -2.18. The fraction of sp³-hybridized carbons (Fsp3) is 0.364. The van der Waals surface area contributed by atoms with E-state index < -0.39 is 34.5 Å². The maximum absolute atomic E-state index is 12.9. The molecule has 1 rings (SSSR count). The Morgan fingerprint density at radius 2 is 2.16 bits per heavy atom. The van der Waals surface area contributed by atoms with Crippen molar-refractivity contribution in [3.63, 3.8) is 0 Å². The number of benzene rings is 1. The molecule has 1 amide bonds. The normalized spacial score (nSPS) is 13.7. The summed E-state index contributed by atoms with van der Waals surface area (Å²) >= 11 is 0. The highest BCUT2D eigenvalue weighted by atomic mass is 19.1. The highest BCUT2D eigenvalue weighted by molar-refractivity contribution is 5.72. The summed E-state index contributed by atoms with van der Waals surface area (Å²) in [5, 5.41) is 32.4. The molecule has 0 radical (unpaired) electrons. The van der Waals surface area contributed by atoms with Crippen LogP contribution in [-0.2, 0) is 4.79 Å². The summed E-state index contributed by atoms with van der Waals surface area (Å²) in [4.78, 5) is 20.6. The second-order valence-corrected chi connectivity index (χ2v) is 3.91. The lowest BCUT2D eigenvalue weighted by molar-refractivity contribution is -0.386. The average Bonchev–Trinajstić information content (AvgIpc) is 2.34. The predicted octanol–water partition coefficient (Wildman–Crippen LogP) is 0.264. The van der Waals surface area contributed by atoms with E-state index in [0.29, 0.717) is 6.07 Å². The zero-order valence-electron chi connectivity index (χ0n) is 10.0. The molecule has 2 unspecified atom stereocenters. The first kappa shape index (κ1) is 15.0. The van der Waals surface area contributed by atoms with Crippen molar-refractivity contribution in [2.75, 3.05) is 6.54 Å². The number of nitrogens with one attached hydrogen (secondary N) is 1. The summed E-state index contributed by atoms with van der Waals surface area (Å²) in [6.45, 7) is 0.949. The van der Waals surface area contributed by atoms with Gasteiger partial charge in [0.2, 0.25) is 5.91 Å². The molecule has 104 valence electrons. The number of halogens is 1. The zero-order valence-corrected chi connectivity index (χ0v) is 10.0. The topological polar surface area (TPSA) is 113 Å².